The second-order valence-electron chi connectivity index (χ2n) is 6.16. The van der Waals surface area contributed by atoms with Crippen molar-refractivity contribution in [3.05, 3.63) is 77.2 Å². The summed E-state index contributed by atoms with van der Waals surface area (Å²) in [6.07, 6.45) is 0.641. The van der Waals surface area contributed by atoms with Crippen molar-refractivity contribution in [2.45, 2.75) is 19.9 Å². The van der Waals surface area contributed by atoms with E-state index in [2.05, 4.69) is 0 Å². The van der Waals surface area contributed by atoms with Crippen LogP contribution in [0.2, 0.25) is 0 Å². The van der Waals surface area contributed by atoms with E-state index in [1.807, 2.05) is 41.8 Å². The summed E-state index contributed by atoms with van der Waals surface area (Å²) in [5, 5.41) is 0. The normalized spacial score (nSPS) is 10.7. The standard InChI is InChI=1S/C21H21FN2O2/c1-14-19(21(23)25)13-20(16-6-4-8-18(12-16)26-2)24(14)10-9-15-5-3-7-17(22)11-15/h3-8,11-13H,9-10H2,1-2H3,(H2,23,25). The Morgan fingerprint density at radius 3 is 2.62 bits per heavy atom. The molecule has 26 heavy (non-hydrogen) atoms. The molecule has 2 aromatic carbocycles. The summed E-state index contributed by atoms with van der Waals surface area (Å²) in [6, 6.07) is 16.0. The third kappa shape index (κ3) is 3.61. The van der Waals surface area contributed by atoms with Gasteiger partial charge in [-0.05, 0) is 49.2 Å². The molecule has 0 fully saturated rings. The molecular weight excluding hydrogens is 331 g/mol. The predicted molar refractivity (Wildman–Crippen MR) is 99.8 cm³/mol. The molecule has 0 aliphatic heterocycles. The van der Waals surface area contributed by atoms with Crippen molar-refractivity contribution in [2.75, 3.05) is 7.11 Å². The number of ether oxygens (including phenoxy) is 1. The molecule has 0 saturated heterocycles. The number of hydrogen-bond donors (Lipinski definition) is 1. The largest absolute Gasteiger partial charge is 0.497 e. The van der Waals surface area contributed by atoms with Crippen LogP contribution in [0.1, 0.15) is 21.6 Å². The second kappa shape index (κ2) is 7.44. The molecule has 1 aromatic heterocycles. The Balaban J connectivity index is 2.00. The van der Waals surface area contributed by atoms with Gasteiger partial charge in [0, 0.05) is 23.5 Å². The van der Waals surface area contributed by atoms with Crippen molar-refractivity contribution in [3.63, 3.8) is 0 Å². The van der Waals surface area contributed by atoms with E-state index in [1.165, 1.54) is 12.1 Å². The number of nitrogens with zero attached hydrogens (tertiary/aromatic N) is 1. The summed E-state index contributed by atoms with van der Waals surface area (Å²) in [5.74, 6) is 0.0207. The van der Waals surface area contributed by atoms with E-state index in [4.69, 9.17) is 10.5 Å². The van der Waals surface area contributed by atoms with E-state index >= 15 is 0 Å². The van der Waals surface area contributed by atoms with Crippen LogP contribution in [0, 0.1) is 12.7 Å². The molecule has 0 aliphatic carbocycles. The van der Waals surface area contributed by atoms with Gasteiger partial charge in [-0.25, -0.2) is 4.39 Å². The van der Waals surface area contributed by atoms with E-state index < -0.39 is 5.91 Å². The van der Waals surface area contributed by atoms with Crippen molar-refractivity contribution in [1.82, 2.24) is 4.57 Å². The zero-order valence-corrected chi connectivity index (χ0v) is 14.8. The van der Waals surface area contributed by atoms with E-state index in [0.29, 0.717) is 18.5 Å². The van der Waals surface area contributed by atoms with E-state index in [9.17, 15) is 9.18 Å². The number of rotatable bonds is 6. The highest BCUT2D eigenvalue weighted by Crippen LogP contribution is 2.29. The summed E-state index contributed by atoms with van der Waals surface area (Å²) < 4.78 is 20.8. The number of halogens is 1. The van der Waals surface area contributed by atoms with Crippen LogP contribution in [-0.2, 0) is 13.0 Å². The highest BCUT2D eigenvalue weighted by atomic mass is 19.1. The van der Waals surface area contributed by atoms with Gasteiger partial charge in [-0.2, -0.15) is 0 Å². The molecule has 0 unspecified atom stereocenters. The number of benzene rings is 2. The van der Waals surface area contributed by atoms with Gasteiger partial charge in [0.15, 0.2) is 0 Å². The average Bonchev–Trinajstić information content (AvgIpc) is 2.97. The lowest BCUT2D eigenvalue weighted by atomic mass is 10.1. The SMILES string of the molecule is COc1cccc(-c2cc(C(N)=O)c(C)n2CCc2cccc(F)c2)c1. The van der Waals surface area contributed by atoms with E-state index in [1.54, 1.807) is 19.2 Å². The predicted octanol–water partition coefficient (Wildman–Crippen LogP) is 3.95. The molecule has 0 aliphatic rings. The van der Waals surface area contributed by atoms with Gasteiger partial charge in [-0.15, -0.1) is 0 Å². The Kier molecular flexibility index (Phi) is 5.07. The summed E-state index contributed by atoms with van der Waals surface area (Å²) >= 11 is 0. The molecule has 0 radical (unpaired) electrons. The van der Waals surface area contributed by atoms with Gasteiger partial charge in [0.05, 0.1) is 12.7 Å². The Labute approximate surface area is 152 Å². The first-order chi connectivity index (χ1) is 12.5. The molecule has 3 aromatic rings. The third-order valence-electron chi connectivity index (χ3n) is 4.51. The first-order valence-electron chi connectivity index (χ1n) is 8.38. The van der Waals surface area contributed by atoms with Crippen molar-refractivity contribution in [1.29, 1.82) is 0 Å². The first-order valence-corrected chi connectivity index (χ1v) is 8.38. The lowest BCUT2D eigenvalue weighted by molar-refractivity contribution is 0.0999. The Hall–Kier alpha value is -3.08. The van der Waals surface area contributed by atoms with Crippen molar-refractivity contribution >= 4 is 5.91 Å². The third-order valence-corrected chi connectivity index (χ3v) is 4.51. The topological polar surface area (TPSA) is 57.2 Å². The van der Waals surface area contributed by atoms with Crippen LogP contribution in [0.3, 0.4) is 0 Å². The number of amides is 1. The van der Waals surface area contributed by atoms with Gasteiger partial charge in [-0.3, -0.25) is 4.79 Å². The monoisotopic (exact) mass is 352 g/mol. The molecule has 2 N–H and O–H groups in total. The van der Waals surface area contributed by atoms with Crippen LogP contribution in [0.5, 0.6) is 5.75 Å². The fourth-order valence-electron chi connectivity index (χ4n) is 3.14. The smallest absolute Gasteiger partial charge is 0.250 e. The summed E-state index contributed by atoms with van der Waals surface area (Å²) in [7, 11) is 1.61. The zero-order chi connectivity index (χ0) is 18.7. The molecule has 1 amide bonds. The van der Waals surface area contributed by atoms with E-state index in [0.717, 1.165) is 28.3 Å². The average molecular weight is 352 g/mol. The van der Waals surface area contributed by atoms with Crippen molar-refractivity contribution in [3.8, 4) is 17.0 Å². The molecule has 4 nitrogen and oxygen atoms in total. The minimum Gasteiger partial charge on any atom is -0.497 e. The number of hydrogen-bond acceptors (Lipinski definition) is 2. The number of aromatic nitrogens is 1. The zero-order valence-electron chi connectivity index (χ0n) is 14.8. The summed E-state index contributed by atoms with van der Waals surface area (Å²) in [6.45, 7) is 2.48. The number of methoxy groups -OCH3 is 1. The number of carbonyl (C=O) groups excluding carboxylic acids is 1. The van der Waals surface area contributed by atoms with Crippen LogP contribution in [0.15, 0.2) is 54.6 Å². The Bertz CT molecular complexity index is 947. The Morgan fingerprint density at radius 2 is 1.92 bits per heavy atom. The lowest BCUT2D eigenvalue weighted by Gasteiger charge is -2.13. The van der Waals surface area contributed by atoms with Gasteiger partial charge in [0.25, 0.3) is 5.91 Å². The fraction of sp³-hybridized carbons (Fsp3) is 0.190. The maximum atomic E-state index is 13.4. The van der Waals surface area contributed by atoms with Crippen LogP contribution in [-0.4, -0.2) is 17.6 Å². The molecule has 3 rings (SSSR count). The summed E-state index contributed by atoms with van der Waals surface area (Å²) in [4.78, 5) is 11.8. The van der Waals surface area contributed by atoms with Crippen LogP contribution >= 0.6 is 0 Å². The second-order valence-corrected chi connectivity index (χ2v) is 6.16. The maximum absolute atomic E-state index is 13.4. The fourth-order valence-corrected chi connectivity index (χ4v) is 3.14. The number of primary amides is 1. The Morgan fingerprint density at radius 1 is 1.15 bits per heavy atom. The van der Waals surface area contributed by atoms with Gasteiger partial charge in [0.1, 0.15) is 11.6 Å². The molecule has 0 spiro atoms. The molecule has 5 heteroatoms. The van der Waals surface area contributed by atoms with Gasteiger partial charge in [-0.1, -0.05) is 24.3 Å². The van der Waals surface area contributed by atoms with Crippen molar-refractivity contribution < 1.29 is 13.9 Å². The first kappa shape index (κ1) is 17.7. The maximum Gasteiger partial charge on any atom is 0.250 e. The summed E-state index contributed by atoms with van der Waals surface area (Å²) in [5.41, 5.74) is 9.53. The quantitative estimate of drug-likeness (QED) is 0.730. The van der Waals surface area contributed by atoms with Gasteiger partial charge in [0.2, 0.25) is 0 Å². The minimum atomic E-state index is -0.462. The minimum absolute atomic E-state index is 0.252. The highest BCUT2D eigenvalue weighted by molar-refractivity contribution is 5.95. The number of nitrogens with two attached hydrogens (primary N) is 1. The number of aryl methyl sites for hydroxylation is 1. The molecular formula is C21H21FN2O2. The molecule has 0 saturated carbocycles. The van der Waals surface area contributed by atoms with E-state index in [-0.39, 0.29) is 5.82 Å². The highest BCUT2D eigenvalue weighted by Gasteiger charge is 2.17. The van der Waals surface area contributed by atoms with Crippen LogP contribution < -0.4 is 10.5 Å². The van der Waals surface area contributed by atoms with Gasteiger partial charge < -0.3 is 15.0 Å². The van der Waals surface area contributed by atoms with Crippen LogP contribution in [0.25, 0.3) is 11.3 Å². The van der Waals surface area contributed by atoms with Crippen molar-refractivity contribution in [2.24, 2.45) is 5.73 Å². The van der Waals surface area contributed by atoms with Gasteiger partial charge >= 0.3 is 0 Å². The van der Waals surface area contributed by atoms with Crippen LogP contribution in [0.4, 0.5) is 4.39 Å². The lowest BCUT2D eigenvalue weighted by Crippen LogP contribution is -2.13. The molecule has 134 valence electrons. The number of carbonyl (C=O) groups is 1. The molecule has 0 atom stereocenters. The molecule has 1 heterocycles. The molecule has 0 bridgehead atoms.